The lowest BCUT2D eigenvalue weighted by Crippen LogP contribution is -2.33. The Morgan fingerprint density at radius 1 is 1.18 bits per heavy atom. The molecule has 6 atom stereocenters. The highest BCUT2D eigenvalue weighted by Gasteiger charge is 2.37. The summed E-state index contributed by atoms with van der Waals surface area (Å²) in [4.78, 5) is 71.1. The fourth-order valence-electron chi connectivity index (χ4n) is 3.17. The van der Waals surface area contributed by atoms with Gasteiger partial charge in [0.15, 0.2) is 23.6 Å². The van der Waals surface area contributed by atoms with Crippen molar-refractivity contribution >= 4 is 46.4 Å². The molecule has 5 N–H and O–H groups in total. The molecule has 1 fully saturated rings. The topological polar surface area (TPSA) is 304 Å². The SMILES string of the molecule is CNCCNC(=O)CONc1ncnc2c1ncn2C1CC(O)C(COP(=O)([O-])OP(=O)([O-])OP(=O)([O-])O)O1. The lowest BCUT2D eigenvalue weighted by molar-refractivity contribution is -0.250. The number of nitrogens with zero attached hydrogens (tertiary/aromatic N) is 4. The molecule has 0 aromatic carbocycles. The zero-order chi connectivity index (χ0) is 28.8. The minimum Gasteiger partial charge on any atom is -0.756 e. The molecule has 3 rings (SSSR count). The number of rotatable bonds is 15. The van der Waals surface area contributed by atoms with E-state index in [1.807, 2.05) is 0 Å². The first-order chi connectivity index (χ1) is 18.2. The molecule has 1 amide bonds. The number of amides is 1. The molecule has 0 saturated carbocycles. The number of phosphoric ester groups is 1. The normalized spacial score (nSPS) is 24.1. The van der Waals surface area contributed by atoms with Gasteiger partial charge in [0.25, 0.3) is 23.5 Å². The zero-order valence-electron chi connectivity index (χ0n) is 19.8. The Bertz CT molecular complexity index is 1290. The van der Waals surface area contributed by atoms with Gasteiger partial charge in [-0.1, -0.05) is 0 Å². The number of aromatic nitrogens is 4. The number of aliphatic hydroxyl groups is 1. The number of likely N-dealkylation sites (N-methyl/N-ethyl adjacent to an activating group) is 1. The molecule has 6 unspecified atom stereocenters. The summed E-state index contributed by atoms with van der Waals surface area (Å²) in [6.45, 7) is -0.285. The zero-order valence-corrected chi connectivity index (χ0v) is 22.5. The molecule has 1 saturated heterocycles. The lowest BCUT2D eigenvalue weighted by atomic mass is 10.2. The first kappa shape index (κ1) is 31.6. The molecule has 0 spiro atoms. The molecule has 39 heavy (non-hydrogen) atoms. The van der Waals surface area contributed by atoms with Crippen molar-refractivity contribution in [3.8, 4) is 0 Å². The minimum absolute atomic E-state index is 0.105. The van der Waals surface area contributed by atoms with Crippen LogP contribution in [0, 0.1) is 0 Å². The highest BCUT2D eigenvalue weighted by Crippen LogP contribution is 2.61. The molecule has 0 aliphatic carbocycles. The van der Waals surface area contributed by atoms with Crippen LogP contribution in [-0.4, -0.2) is 81.0 Å². The van der Waals surface area contributed by atoms with E-state index in [9.17, 15) is 38.3 Å². The second-order valence-electron chi connectivity index (χ2n) is 7.64. The summed E-state index contributed by atoms with van der Waals surface area (Å²) in [5.41, 5.74) is 2.91. The van der Waals surface area contributed by atoms with Crippen LogP contribution in [0.15, 0.2) is 12.7 Å². The maximum Gasteiger partial charge on any atom is 0.280 e. The first-order valence-electron chi connectivity index (χ1n) is 10.7. The number of anilines is 1. The van der Waals surface area contributed by atoms with Gasteiger partial charge in [-0.15, -0.1) is 0 Å². The van der Waals surface area contributed by atoms with Gasteiger partial charge < -0.3 is 44.6 Å². The van der Waals surface area contributed by atoms with Gasteiger partial charge in [-0.2, -0.15) is 0 Å². The molecule has 21 nitrogen and oxygen atoms in total. The van der Waals surface area contributed by atoms with Gasteiger partial charge in [0.1, 0.15) is 18.7 Å². The summed E-state index contributed by atoms with van der Waals surface area (Å²) in [5.74, 6) is -0.271. The van der Waals surface area contributed by atoms with Crippen LogP contribution in [0.4, 0.5) is 5.82 Å². The van der Waals surface area contributed by atoms with E-state index in [1.165, 1.54) is 10.9 Å². The Labute approximate surface area is 219 Å². The number of aliphatic hydroxyl groups excluding tert-OH is 1. The van der Waals surface area contributed by atoms with Crippen LogP contribution in [0.5, 0.6) is 0 Å². The number of ether oxygens (including phenoxy) is 1. The third-order valence-corrected chi connectivity index (χ3v) is 8.43. The van der Waals surface area contributed by atoms with Gasteiger partial charge in [0.2, 0.25) is 5.91 Å². The van der Waals surface area contributed by atoms with Gasteiger partial charge in [-0.25, -0.2) is 29.1 Å². The van der Waals surface area contributed by atoms with Crippen molar-refractivity contribution in [2.45, 2.75) is 24.9 Å². The van der Waals surface area contributed by atoms with Crippen LogP contribution in [0.2, 0.25) is 0 Å². The quantitative estimate of drug-likeness (QED) is 0.0738. The highest BCUT2D eigenvalue weighted by molar-refractivity contribution is 7.65. The summed E-state index contributed by atoms with van der Waals surface area (Å²) >= 11 is 0. The summed E-state index contributed by atoms with van der Waals surface area (Å²) in [7, 11) is -15.9. The number of carbonyl (C=O) groups is 1. The summed E-state index contributed by atoms with van der Waals surface area (Å²) in [5, 5.41) is 15.8. The lowest BCUT2D eigenvalue weighted by Gasteiger charge is -2.33. The Kier molecular flexibility index (Phi) is 10.7. The Morgan fingerprint density at radius 3 is 2.62 bits per heavy atom. The third-order valence-electron chi connectivity index (χ3n) is 4.74. The van der Waals surface area contributed by atoms with Crippen molar-refractivity contribution in [2.75, 3.05) is 38.8 Å². The molecule has 3 heterocycles. The third kappa shape index (κ3) is 9.59. The van der Waals surface area contributed by atoms with E-state index in [-0.39, 0.29) is 35.9 Å². The monoisotopic (exact) mass is 618 g/mol. The van der Waals surface area contributed by atoms with Gasteiger partial charge in [-0.05, 0) is 7.05 Å². The second kappa shape index (κ2) is 13.2. The fourth-order valence-corrected chi connectivity index (χ4v) is 6.07. The van der Waals surface area contributed by atoms with Crippen LogP contribution in [0.25, 0.3) is 11.2 Å². The van der Waals surface area contributed by atoms with E-state index in [1.54, 1.807) is 7.05 Å². The standard InChI is InChI=1S/C15H26N7O14P3/c1-16-2-3-17-11(24)6-32-21-14-13-15(19-7-18-14)22(8-20-13)12-4-9(23)10(34-12)5-33-38(28,29)36-39(30,31)35-37(25,26)27/h7-10,12,16,23H,2-6H2,1H3,(H,17,24)(H,28,29)(H,30,31)(H,18,19,21)(H2,25,26,27)/p-3. The van der Waals surface area contributed by atoms with Crippen molar-refractivity contribution in [2.24, 2.45) is 0 Å². The van der Waals surface area contributed by atoms with Crippen LogP contribution in [0.1, 0.15) is 12.6 Å². The smallest absolute Gasteiger partial charge is 0.280 e. The predicted molar refractivity (Wildman–Crippen MR) is 120 cm³/mol. The second-order valence-corrected chi connectivity index (χ2v) is 11.9. The molecule has 0 bridgehead atoms. The van der Waals surface area contributed by atoms with E-state index in [2.05, 4.69) is 44.2 Å². The molecule has 2 aromatic rings. The van der Waals surface area contributed by atoms with Crippen LogP contribution in [-0.2, 0) is 41.2 Å². The largest absolute Gasteiger partial charge is 0.756 e. The van der Waals surface area contributed by atoms with Gasteiger partial charge in [-0.3, -0.25) is 27.9 Å². The Balaban J connectivity index is 1.59. The minimum atomic E-state index is -6.06. The van der Waals surface area contributed by atoms with Gasteiger partial charge >= 0.3 is 0 Å². The summed E-state index contributed by atoms with van der Waals surface area (Å²) in [6.07, 6.45) is -1.23. The molecular weight excluding hydrogens is 595 g/mol. The van der Waals surface area contributed by atoms with Crippen molar-refractivity contribution < 1.29 is 65.9 Å². The number of imidazole rings is 1. The van der Waals surface area contributed by atoms with Gasteiger partial charge in [0, 0.05) is 19.5 Å². The van der Waals surface area contributed by atoms with E-state index >= 15 is 0 Å². The van der Waals surface area contributed by atoms with E-state index in [0.717, 1.165) is 6.33 Å². The summed E-state index contributed by atoms with van der Waals surface area (Å²) < 4.78 is 51.6. The summed E-state index contributed by atoms with van der Waals surface area (Å²) in [6, 6.07) is 0. The molecule has 220 valence electrons. The van der Waals surface area contributed by atoms with E-state index in [4.69, 9.17) is 14.5 Å². The Hall–Kier alpha value is -1.93. The number of fused-ring (bicyclic) bond motifs is 1. The van der Waals surface area contributed by atoms with E-state index < -0.39 is 48.5 Å². The number of hydrogen-bond acceptors (Lipinski definition) is 18. The van der Waals surface area contributed by atoms with Crippen molar-refractivity contribution in [3.63, 3.8) is 0 Å². The maximum absolute atomic E-state index is 11.8. The molecule has 1 aliphatic heterocycles. The molecule has 2 aromatic heterocycles. The fraction of sp³-hybridized carbons (Fsp3) is 0.600. The first-order valence-corrected chi connectivity index (χ1v) is 15.1. The van der Waals surface area contributed by atoms with Crippen molar-refractivity contribution in [1.82, 2.24) is 30.2 Å². The van der Waals surface area contributed by atoms with Crippen molar-refractivity contribution in [3.05, 3.63) is 12.7 Å². The number of carbonyl (C=O) groups excluding carboxylic acids is 1. The average Bonchev–Trinajstić information content (AvgIpc) is 3.39. The van der Waals surface area contributed by atoms with Crippen LogP contribution in [0.3, 0.4) is 0 Å². The number of phosphoric acid groups is 3. The van der Waals surface area contributed by atoms with Crippen LogP contribution >= 0.6 is 23.5 Å². The predicted octanol–water partition coefficient (Wildman–Crippen LogP) is -3.40. The molecule has 0 radical (unpaired) electrons. The maximum atomic E-state index is 11.8. The highest BCUT2D eigenvalue weighted by atomic mass is 31.3. The van der Waals surface area contributed by atoms with E-state index in [0.29, 0.717) is 13.1 Å². The molecule has 24 heteroatoms. The number of nitrogens with one attached hydrogen (secondary N) is 3. The molecule has 1 aliphatic rings. The molecular formula is C15H23N7O14P3-3. The number of hydrogen-bond donors (Lipinski definition) is 5. The van der Waals surface area contributed by atoms with Gasteiger partial charge in [0.05, 0.1) is 19.0 Å². The van der Waals surface area contributed by atoms with Crippen LogP contribution < -0.4 is 30.8 Å². The Morgan fingerprint density at radius 2 is 1.92 bits per heavy atom. The average molecular weight is 618 g/mol. The van der Waals surface area contributed by atoms with Crippen molar-refractivity contribution in [1.29, 1.82) is 0 Å².